The number of nitrogens with zero attached hydrogens (tertiary/aromatic N) is 1. The molecule has 0 aliphatic carbocycles. The molecule has 2 rings (SSSR count). The van der Waals surface area contributed by atoms with Crippen LogP contribution in [-0.2, 0) is 24.3 Å². The van der Waals surface area contributed by atoms with Crippen LogP contribution in [0.5, 0.6) is 0 Å². The number of sulfonamides is 1. The average molecular weight is 580 g/mol. The molecule has 1 unspecified atom stereocenters. The average Bonchev–Trinajstić information content (AvgIpc) is 2.89. The molecule has 40 heavy (non-hydrogen) atoms. The fraction of sp³-hybridized carbons (Fsp3) is 0.690. The summed E-state index contributed by atoms with van der Waals surface area (Å²) in [6.45, 7) is 15.2. The highest BCUT2D eigenvalue weighted by molar-refractivity contribution is 7.89. The van der Waals surface area contributed by atoms with E-state index in [-0.39, 0.29) is 52.8 Å². The number of benzene rings is 1. The van der Waals surface area contributed by atoms with Crippen molar-refractivity contribution < 1.29 is 22.7 Å². The van der Waals surface area contributed by atoms with Gasteiger partial charge in [-0.05, 0) is 67.1 Å². The number of nitrogens with one attached hydrogen (secondary N) is 3. The van der Waals surface area contributed by atoms with Gasteiger partial charge in [0.15, 0.2) is 5.96 Å². The Balaban J connectivity index is 2.41. The van der Waals surface area contributed by atoms with E-state index >= 15 is 0 Å². The predicted molar refractivity (Wildman–Crippen MR) is 158 cm³/mol. The number of amides is 1. The second-order valence-electron chi connectivity index (χ2n) is 11.5. The summed E-state index contributed by atoms with van der Waals surface area (Å²) in [5.74, 6) is -0.866. The van der Waals surface area contributed by atoms with E-state index in [0.29, 0.717) is 45.5 Å². The van der Waals surface area contributed by atoms with Crippen LogP contribution < -0.4 is 15.8 Å². The second-order valence-corrected chi connectivity index (χ2v) is 13.2. The Bertz CT molecular complexity index is 1110. The number of hydrogen-bond donors (Lipinski definition) is 4. The van der Waals surface area contributed by atoms with Crippen molar-refractivity contribution in [2.24, 2.45) is 11.7 Å². The first-order chi connectivity index (χ1) is 18.7. The lowest BCUT2D eigenvalue weighted by Crippen LogP contribution is -2.51. The van der Waals surface area contributed by atoms with E-state index in [0.717, 1.165) is 16.7 Å². The Kier molecular flexibility index (Phi) is 12.4. The summed E-state index contributed by atoms with van der Waals surface area (Å²) in [6.07, 6.45) is 1.61. The Hall–Kier alpha value is -2.66. The summed E-state index contributed by atoms with van der Waals surface area (Å²) in [7, 11) is -4.08. The van der Waals surface area contributed by atoms with E-state index in [1.54, 1.807) is 11.8 Å². The van der Waals surface area contributed by atoms with Gasteiger partial charge in [0.25, 0.3) is 0 Å². The van der Waals surface area contributed by atoms with E-state index in [2.05, 4.69) is 23.9 Å². The van der Waals surface area contributed by atoms with Crippen molar-refractivity contribution in [1.82, 2.24) is 14.9 Å². The van der Waals surface area contributed by atoms with Crippen molar-refractivity contribution in [3.63, 3.8) is 0 Å². The molecule has 1 aromatic rings. The molecular weight excluding hydrogens is 530 g/mol. The van der Waals surface area contributed by atoms with Gasteiger partial charge in [0.05, 0.1) is 17.4 Å². The van der Waals surface area contributed by atoms with Crippen molar-refractivity contribution in [1.29, 1.82) is 5.41 Å². The van der Waals surface area contributed by atoms with Crippen LogP contribution in [0.2, 0.25) is 0 Å². The minimum atomic E-state index is -4.08. The summed E-state index contributed by atoms with van der Waals surface area (Å²) in [4.78, 5) is 27.8. The first kappa shape index (κ1) is 33.5. The molecule has 226 valence electrons. The highest BCUT2D eigenvalue weighted by atomic mass is 32.2. The molecule has 0 saturated carbocycles. The number of piperidine rings is 1. The maximum Gasteiger partial charge on any atom is 0.309 e. The molecule has 1 amide bonds. The molecule has 0 radical (unpaired) electrons. The third kappa shape index (κ3) is 8.92. The van der Waals surface area contributed by atoms with Crippen LogP contribution in [0.3, 0.4) is 0 Å². The van der Waals surface area contributed by atoms with E-state index in [4.69, 9.17) is 15.9 Å². The number of carbonyl (C=O) groups is 2. The number of esters is 1. The van der Waals surface area contributed by atoms with Gasteiger partial charge in [-0.3, -0.25) is 15.0 Å². The van der Waals surface area contributed by atoms with Crippen LogP contribution in [0, 0.1) is 11.3 Å². The number of nitrogens with two attached hydrogens (primary N) is 1. The highest BCUT2D eigenvalue weighted by Gasteiger charge is 2.35. The Morgan fingerprint density at radius 3 is 2.05 bits per heavy atom. The van der Waals surface area contributed by atoms with Crippen LogP contribution in [-0.4, -0.2) is 63.4 Å². The maximum absolute atomic E-state index is 14.1. The van der Waals surface area contributed by atoms with Gasteiger partial charge >= 0.3 is 5.97 Å². The molecule has 11 heteroatoms. The molecular formula is C29H49N5O5S. The van der Waals surface area contributed by atoms with E-state index in [9.17, 15) is 18.0 Å². The van der Waals surface area contributed by atoms with E-state index in [1.807, 2.05) is 39.8 Å². The lowest BCUT2D eigenvalue weighted by molar-refractivity contribution is -0.151. The Morgan fingerprint density at radius 2 is 1.60 bits per heavy atom. The molecule has 0 spiro atoms. The monoisotopic (exact) mass is 579 g/mol. The minimum Gasteiger partial charge on any atom is -0.466 e. The van der Waals surface area contributed by atoms with Crippen LogP contribution >= 0.6 is 0 Å². The standard InChI is InChI=1S/C29H49N5O5S/c1-8-39-28(36)21-11-14-34(15-12-21)27(35)25(10-9-13-32-29(30)31)33-40(37,38)26-23(19(4)5)16-22(18(2)3)17-24(26)20(6)7/h16-21,25,33H,8-15H2,1-7H3,(H4,30,31,32). The lowest BCUT2D eigenvalue weighted by Gasteiger charge is -2.34. The number of ether oxygens (including phenoxy) is 1. The van der Waals surface area contributed by atoms with Crippen molar-refractivity contribution >= 4 is 27.9 Å². The zero-order valence-electron chi connectivity index (χ0n) is 25.2. The van der Waals surface area contributed by atoms with Crippen molar-refractivity contribution in [2.45, 2.75) is 103 Å². The van der Waals surface area contributed by atoms with Gasteiger partial charge in [-0.1, -0.05) is 53.7 Å². The fourth-order valence-corrected chi connectivity index (χ4v) is 6.95. The second kappa shape index (κ2) is 14.8. The Labute approximate surface area is 240 Å². The summed E-state index contributed by atoms with van der Waals surface area (Å²) in [5.41, 5.74) is 7.95. The molecule has 1 aliphatic heterocycles. The summed E-state index contributed by atoms with van der Waals surface area (Å²) in [6, 6.07) is 2.95. The molecule has 1 aliphatic rings. The van der Waals surface area contributed by atoms with Crippen LogP contribution in [0.1, 0.15) is 109 Å². The molecule has 0 bridgehead atoms. The molecule has 1 saturated heterocycles. The molecule has 0 aromatic heterocycles. The number of carbonyl (C=O) groups excluding carboxylic acids is 2. The fourth-order valence-electron chi connectivity index (χ4n) is 5.02. The van der Waals surface area contributed by atoms with Gasteiger partial charge in [-0.25, -0.2) is 8.42 Å². The molecule has 1 heterocycles. The first-order valence-electron chi connectivity index (χ1n) is 14.4. The van der Waals surface area contributed by atoms with Crippen molar-refractivity contribution in [2.75, 3.05) is 26.2 Å². The van der Waals surface area contributed by atoms with Gasteiger partial charge in [0.2, 0.25) is 15.9 Å². The van der Waals surface area contributed by atoms with Crippen molar-refractivity contribution in [3.8, 4) is 0 Å². The zero-order valence-corrected chi connectivity index (χ0v) is 26.0. The molecule has 1 fully saturated rings. The maximum atomic E-state index is 14.1. The zero-order chi connectivity index (χ0) is 30.2. The Morgan fingerprint density at radius 1 is 1.05 bits per heavy atom. The molecule has 1 atom stereocenters. The third-order valence-electron chi connectivity index (χ3n) is 7.36. The normalized spacial score (nSPS) is 15.5. The van der Waals surface area contributed by atoms with Crippen LogP contribution in [0.15, 0.2) is 17.0 Å². The van der Waals surface area contributed by atoms with Crippen LogP contribution in [0.25, 0.3) is 0 Å². The topological polar surface area (TPSA) is 155 Å². The lowest BCUT2D eigenvalue weighted by atomic mass is 9.89. The number of rotatable bonds is 13. The van der Waals surface area contributed by atoms with Gasteiger partial charge in [0.1, 0.15) is 6.04 Å². The van der Waals surface area contributed by atoms with Gasteiger partial charge < -0.3 is 20.7 Å². The third-order valence-corrected chi connectivity index (χ3v) is 8.96. The van der Waals surface area contributed by atoms with E-state index < -0.39 is 16.1 Å². The number of hydrogen-bond acceptors (Lipinski definition) is 6. The van der Waals surface area contributed by atoms with E-state index in [1.165, 1.54) is 0 Å². The first-order valence-corrected chi connectivity index (χ1v) is 15.9. The molecule has 10 nitrogen and oxygen atoms in total. The quantitative estimate of drug-likeness (QED) is 0.120. The van der Waals surface area contributed by atoms with Crippen molar-refractivity contribution in [3.05, 3.63) is 28.8 Å². The highest BCUT2D eigenvalue weighted by Crippen LogP contribution is 2.35. The summed E-state index contributed by atoms with van der Waals surface area (Å²) >= 11 is 0. The minimum absolute atomic E-state index is 0.0430. The number of likely N-dealkylation sites (tertiary alicyclic amines) is 1. The van der Waals surface area contributed by atoms with Gasteiger partial charge in [0, 0.05) is 19.6 Å². The summed E-state index contributed by atoms with van der Waals surface area (Å²) in [5, 5.41) is 10.1. The molecule has 1 aromatic carbocycles. The SMILES string of the molecule is CCOC(=O)C1CCN(C(=O)C(CCCNC(=N)N)NS(=O)(=O)c2c(C(C)C)cc(C(C)C)cc2C(C)C)CC1. The largest absolute Gasteiger partial charge is 0.466 e. The van der Waals surface area contributed by atoms with Gasteiger partial charge in [-0.15, -0.1) is 0 Å². The molecule has 5 N–H and O–H groups in total. The number of guanidine groups is 1. The summed E-state index contributed by atoms with van der Waals surface area (Å²) < 4.78 is 36.1. The van der Waals surface area contributed by atoms with Crippen LogP contribution in [0.4, 0.5) is 0 Å². The predicted octanol–water partition coefficient (Wildman–Crippen LogP) is 3.77. The van der Waals surface area contributed by atoms with Gasteiger partial charge in [-0.2, -0.15) is 4.72 Å². The smallest absolute Gasteiger partial charge is 0.309 e.